The van der Waals surface area contributed by atoms with Gasteiger partial charge in [-0.2, -0.15) is 0 Å². The number of methoxy groups -OCH3 is 1. The summed E-state index contributed by atoms with van der Waals surface area (Å²) >= 11 is 0. The zero-order chi connectivity index (χ0) is 19.5. The Hall–Kier alpha value is -2.46. The molecular weight excluding hydrogens is 348 g/mol. The van der Waals surface area contributed by atoms with Gasteiger partial charge in [-0.05, 0) is 26.7 Å². The molecule has 1 N–H and O–H groups in total. The van der Waals surface area contributed by atoms with Gasteiger partial charge in [0.2, 0.25) is 0 Å². The van der Waals surface area contributed by atoms with E-state index in [4.69, 9.17) is 14.2 Å². The molecule has 0 bridgehead atoms. The number of nitrogens with one attached hydrogen (secondary N) is 1. The molecule has 26 heavy (non-hydrogen) atoms. The number of carbonyl (C=O) groups is 2. The first-order valence-corrected chi connectivity index (χ1v) is 8.10. The molecule has 0 saturated carbocycles. The molecule has 0 amide bonds. The Morgan fingerprint density at radius 1 is 1.38 bits per heavy atom. The molecule has 1 aliphatic rings. The van der Waals surface area contributed by atoms with Crippen molar-refractivity contribution >= 4 is 12.4 Å². The third-order valence-electron chi connectivity index (χ3n) is 3.37. The summed E-state index contributed by atoms with van der Waals surface area (Å²) < 4.78 is 20.8. The van der Waals surface area contributed by atoms with Crippen molar-refractivity contribution < 1.29 is 28.5 Å². The van der Waals surface area contributed by atoms with E-state index in [1.54, 1.807) is 7.11 Å². The normalized spacial score (nSPS) is 18.8. The highest BCUT2D eigenvalue weighted by Gasteiger charge is 2.28. The van der Waals surface area contributed by atoms with E-state index in [1.807, 2.05) is 13.8 Å². The minimum absolute atomic E-state index is 0.0354. The molecule has 0 aromatic carbocycles. The molecule has 1 aromatic rings. The number of carbonyl (C=O) groups excluding carboxylic acids is 2. The third-order valence-corrected chi connectivity index (χ3v) is 3.37. The molecule has 1 aliphatic heterocycles. The average Bonchev–Trinajstić information content (AvgIpc) is 3.07. The molecule has 2 atom stereocenters. The van der Waals surface area contributed by atoms with Gasteiger partial charge in [-0.1, -0.05) is 0 Å². The van der Waals surface area contributed by atoms with E-state index < -0.39 is 23.6 Å². The van der Waals surface area contributed by atoms with Gasteiger partial charge in [0.15, 0.2) is 12.9 Å². The van der Waals surface area contributed by atoms with Crippen molar-refractivity contribution in [2.75, 3.05) is 20.3 Å². The summed E-state index contributed by atoms with van der Waals surface area (Å²) in [5.74, 6) is 0. The first-order chi connectivity index (χ1) is 12.4. The van der Waals surface area contributed by atoms with E-state index >= 15 is 0 Å². The first kappa shape index (κ1) is 21.6. The van der Waals surface area contributed by atoms with Gasteiger partial charge in [0.1, 0.15) is 12.8 Å². The Morgan fingerprint density at radius 2 is 2.08 bits per heavy atom. The lowest BCUT2D eigenvalue weighted by atomic mass is 10.2. The van der Waals surface area contributed by atoms with Gasteiger partial charge in [0, 0.05) is 19.4 Å². The second kappa shape index (κ2) is 11.2. The van der Waals surface area contributed by atoms with Crippen LogP contribution in [0.2, 0.25) is 0 Å². The van der Waals surface area contributed by atoms with Crippen molar-refractivity contribution in [1.82, 2.24) is 9.55 Å². The van der Waals surface area contributed by atoms with Crippen LogP contribution in [0.4, 0.5) is 4.79 Å². The van der Waals surface area contributed by atoms with Gasteiger partial charge in [-0.15, -0.1) is 0 Å². The Labute approximate surface area is 150 Å². The van der Waals surface area contributed by atoms with Crippen LogP contribution in [0.1, 0.15) is 32.9 Å². The third kappa shape index (κ3) is 7.62. The summed E-state index contributed by atoms with van der Waals surface area (Å²) in [5.41, 5.74) is -1.04. The summed E-state index contributed by atoms with van der Waals surface area (Å²) in [4.78, 5) is 45.8. The predicted molar refractivity (Wildman–Crippen MR) is 90.0 cm³/mol. The largest absolute Gasteiger partial charge is 0.508 e. The molecule has 2 heterocycles. The van der Waals surface area contributed by atoms with Gasteiger partial charge in [0.05, 0.1) is 12.2 Å². The number of hydrogen-bond acceptors (Lipinski definition) is 8. The van der Waals surface area contributed by atoms with Gasteiger partial charge in [-0.25, -0.2) is 9.59 Å². The van der Waals surface area contributed by atoms with Crippen molar-refractivity contribution in [3.05, 3.63) is 33.1 Å². The van der Waals surface area contributed by atoms with Gasteiger partial charge in [-0.3, -0.25) is 19.1 Å². The maximum Gasteiger partial charge on any atom is 0.508 e. The highest BCUT2D eigenvalue weighted by Crippen LogP contribution is 2.26. The molecular formula is C16H24N2O8. The lowest BCUT2D eigenvalue weighted by molar-refractivity contribution is -0.111. The molecule has 146 valence electrons. The summed E-state index contributed by atoms with van der Waals surface area (Å²) in [6.45, 7) is 3.60. The van der Waals surface area contributed by atoms with Crippen molar-refractivity contribution in [2.24, 2.45) is 0 Å². The van der Waals surface area contributed by atoms with Crippen LogP contribution in [0.3, 0.4) is 0 Å². The van der Waals surface area contributed by atoms with Crippen LogP contribution in [0, 0.1) is 0 Å². The Morgan fingerprint density at radius 3 is 2.65 bits per heavy atom. The fourth-order valence-electron chi connectivity index (χ4n) is 1.97. The van der Waals surface area contributed by atoms with Crippen molar-refractivity contribution in [2.45, 2.75) is 45.1 Å². The molecule has 0 radical (unpaired) electrons. The maximum absolute atomic E-state index is 11.6. The van der Waals surface area contributed by atoms with Crippen LogP contribution < -0.4 is 11.2 Å². The zero-order valence-corrected chi connectivity index (χ0v) is 15.0. The lowest BCUT2D eigenvalue weighted by Gasteiger charge is -2.15. The van der Waals surface area contributed by atoms with Crippen LogP contribution in [0.5, 0.6) is 0 Å². The fraction of sp³-hybridized carbons (Fsp3) is 0.625. The molecule has 2 unspecified atom stereocenters. The van der Waals surface area contributed by atoms with E-state index in [1.165, 1.54) is 16.8 Å². The molecule has 10 heteroatoms. The average molecular weight is 372 g/mol. The number of rotatable bonds is 6. The Balaban J connectivity index is 0.000000597. The number of aromatic nitrogens is 2. The van der Waals surface area contributed by atoms with Gasteiger partial charge >= 0.3 is 11.8 Å². The van der Waals surface area contributed by atoms with Crippen molar-refractivity contribution in [3.8, 4) is 0 Å². The predicted octanol–water partition coefficient (Wildman–Crippen LogP) is 0.607. The van der Waals surface area contributed by atoms with Crippen LogP contribution in [0.15, 0.2) is 21.9 Å². The minimum Gasteiger partial charge on any atom is -0.432 e. The Bertz CT molecular complexity index is 681. The number of aromatic amines is 1. The highest BCUT2D eigenvalue weighted by atomic mass is 16.7. The van der Waals surface area contributed by atoms with E-state index in [0.29, 0.717) is 25.2 Å². The van der Waals surface area contributed by atoms with Crippen LogP contribution in [-0.2, 0) is 23.7 Å². The van der Waals surface area contributed by atoms with Gasteiger partial charge < -0.3 is 18.9 Å². The second-order valence-electron chi connectivity index (χ2n) is 5.63. The summed E-state index contributed by atoms with van der Waals surface area (Å²) in [6.07, 6.45) is 1.46. The van der Waals surface area contributed by atoms with Crippen LogP contribution in [0.25, 0.3) is 0 Å². The Kier molecular flexibility index (Phi) is 9.31. The SMILES string of the molecule is COC(C)C.O=CCOC(=O)OCC1CCC(n2ccc(=O)[nH]c2=O)O1. The number of H-pyrrole nitrogens is 1. The van der Waals surface area contributed by atoms with E-state index in [2.05, 4.69) is 9.72 Å². The smallest absolute Gasteiger partial charge is 0.432 e. The fourth-order valence-corrected chi connectivity index (χ4v) is 1.97. The zero-order valence-electron chi connectivity index (χ0n) is 15.0. The highest BCUT2D eigenvalue weighted by molar-refractivity contribution is 5.63. The van der Waals surface area contributed by atoms with Gasteiger partial charge in [0.25, 0.3) is 5.56 Å². The monoisotopic (exact) mass is 372 g/mol. The number of aldehydes is 1. The lowest BCUT2D eigenvalue weighted by Crippen LogP contribution is -2.32. The standard InChI is InChI=1S/C12H14N2O7.C4H10O/c15-5-6-19-12(18)20-7-8-1-2-10(21-8)14-4-3-9(16)13-11(14)17;1-4(2)5-3/h3-5,8,10H,1-2,6-7H2,(H,13,16,17);4H,1-3H3. The minimum atomic E-state index is -0.949. The maximum atomic E-state index is 11.6. The molecule has 1 saturated heterocycles. The first-order valence-electron chi connectivity index (χ1n) is 8.10. The molecule has 10 nitrogen and oxygen atoms in total. The number of nitrogens with zero attached hydrogens (tertiary/aromatic N) is 1. The second-order valence-corrected chi connectivity index (χ2v) is 5.63. The molecule has 1 fully saturated rings. The van der Waals surface area contributed by atoms with E-state index in [9.17, 15) is 19.2 Å². The summed E-state index contributed by atoms with van der Waals surface area (Å²) in [7, 11) is 1.70. The molecule has 2 rings (SSSR count). The number of ether oxygens (including phenoxy) is 4. The molecule has 0 spiro atoms. The van der Waals surface area contributed by atoms with Crippen molar-refractivity contribution in [3.63, 3.8) is 0 Å². The summed E-state index contributed by atoms with van der Waals surface area (Å²) in [5, 5.41) is 0. The number of hydrogen-bond donors (Lipinski definition) is 1. The van der Waals surface area contributed by atoms with Crippen molar-refractivity contribution in [1.29, 1.82) is 0 Å². The topological polar surface area (TPSA) is 126 Å². The van der Waals surface area contributed by atoms with E-state index in [0.717, 1.165) is 0 Å². The van der Waals surface area contributed by atoms with Crippen LogP contribution >= 0.6 is 0 Å². The molecule has 0 aliphatic carbocycles. The molecule has 1 aromatic heterocycles. The summed E-state index contributed by atoms with van der Waals surface area (Å²) in [6, 6.07) is 1.23. The van der Waals surface area contributed by atoms with E-state index in [-0.39, 0.29) is 19.3 Å². The quantitative estimate of drug-likeness (QED) is 0.568. The van der Waals surface area contributed by atoms with Crippen LogP contribution in [-0.4, -0.2) is 54.5 Å².